The molecule has 0 fully saturated rings. The Morgan fingerprint density at radius 3 is 2.52 bits per heavy atom. The highest BCUT2D eigenvalue weighted by Gasteiger charge is 2.12. The van der Waals surface area contributed by atoms with Crippen molar-refractivity contribution in [3.8, 4) is 0 Å². The van der Waals surface area contributed by atoms with E-state index in [1.54, 1.807) is 6.92 Å². The Labute approximate surface area is 158 Å². The van der Waals surface area contributed by atoms with Crippen LogP contribution in [0.4, 0.5) is 5.69 Å². The van der Waals surface area contributed by atoms with Crippen molar-refractivity contribution >= 4 is 21.4 Å². The SMILES string of the molecule is C/C(=N/NS(=O)(=O)CCCCn1cc[n+](C)c1C)c1ccc([N+](=O)[O-])cc1. The van der Waals surface area contributed by atoms with Crippen LogP contribution in [-0.4, -0.2) is 29.4 Å². The van der Waals surface area contributed by atoms with E-state index >= 15 is 0 Å². The van der Waals surface area contributed by atoms with Gasteiger partial charge in [0, 0.05) is 19.1 Å². The molecule has 2 rings (SSSR count). The third kappa shape index (κ3) is 5.88. The standard InChI is InChI=1S/C17H24N5O4S/c1-14(16-6-8-17(9-7-16)22(23)24)18-19-27(25,26)13-5-4-10-21-12-11-20(3)15(21)2/h6-9,11-12,19H,4-5,10,13H2,1-3H3/q+1/b18-14-. The molecule has 0 bridgehead atoms. The number of nitrogens with zero attached hydrogens (tertiary/aromatic N) is 4. The molecule has 0 radical (unpaired) electrons. The number of nitro benzene ring substituents is 1. The molecule has 0 unspecified atom stereocenters. The zero-order chi connectivity index (χ0) is 20.0. The number of benzene rings is 1. The van der Waals surface area contributed by atoms with Gasteiger partial charge >= 0.3 is 0 Å². The maximum absolute atomic E-state index is 12.1. The van der Waals surface area contributed by atoms with Gasteiger partial charge in [0.2, 0.25) is 10.0 Å². The fourth-order valence-corrected chi connectivity index (χ4v) is 3.43. The molecule has 146 valence electrons. The molecule has 0 spiro atoms. The summed E-state index contributed by atoms with van der Waals surface area (Å²) in [7, 11) is -1.56. The Morgan fingerprint density at radius 1 is 1.30 bits per heavy atom. The van der Waals surface area contributed by atoms with Crippen LogP contribution in [0.25, 0.3) is 0 Å². The van der Waals surface area contributed by atoms with E-state index in [1.165, 1.54) is 24.3 Å². The Balaban J connectivity index is 1.84. The first-order valence-electron chi connectivity index (χ1n) is 8.49. The van der Waals surface area contributed by atoms with Gasteiger partial charge in [-0.1, -0.05) is 0 Å². The van der Waals surface area contributed by atoms with E-state index in [2.05, 4.69) is 14.5 Å². The van der Waals surface area contributed by atoms with E-state index in [0.717, 1.165) is 18.8 Å². The van der Waals surface area contributed by atoms with Crippen LogP contribution in [0, 0.1) is 17.0 Å². The van der Waals surface area contributed by atoms with Crippen LogP contribution in [0.5, 0.6) is 0 Å². The van der Waals surface area contributed by atoms with Crippen LogP contribution in [0.1, 0.15) is 31.2 Å². The highest BCUT2D eigenvalue weighted by atomic mass is 32.2. The number of hydrogen-bond donors (Lipinski definition) is 1. The van der Waals surface area contributed by atoms with Crippen LogP contribution < -0.4 is 9.40 Å². The van der Waals surface area contributed by atoms with E-state index in [-0.39, 0.29) is 11.4 Å². The quantitative estimate of drug-likeness (QED) is 0.229. The maximum Gasteiger partial charge on any atom is 0.269 e. The van der Waals surface area contributed by atoms with Crippen molar-refractivity contribution in [1.82, 2.24) is 9.40 Å². The van der Waals surface area contributed by atoms with Gasteiger partial charge in [0.15, 0.2) is 0 Å². The Kier molecular flexibility index (Phi) is 6.67. The highest BCUT2D eigenvalue weighted by molar-refractivity contribution is 7.89. The number of rotatable bonds is 9. The van der Waals surface area contributed by atoms with Crippen LogP contribution in [0.3, 0.4) is 0 Å². The van der Waals surface area contributed by atoms with Crippen molar-refractivity contribution in [2.45, 2.75) is 33.2 Å². The average Bonchev–Trinajstić information content (AvgIpc) is 2.95. The molecule has 1 aromatic heterocycles. The van der Waals surface area contributed by atoms with E-state index in [4.69, 9.17) is 0 Å². The van der Waals surface area contributed by atoms with E-state index in [9.17, 15) is 18.5 Å². The zero-order valence-corrected chi connectivity index (χ0v) is 16.4. The predicted molar refractivity (Wildman–Crippen MR) is 102 cm³/mol. The Bertz CT molecular complexity index is 933. The van der Waals surface area contributed by atoms with Crippen molar-refractivity contribution in [3.05, 3.63) is 58.2 Å². The summed E-state index contributed by atoms with van der Waals surface area (Å²) in [6.45, 7) is 4.40. The lowest BCUT2D eigenvalue weighted by Crippen LogP contribution is -2.29. The minimum Gasteiger partial charge on any atom is -0.258 e. The smallest absolute Gasteiger partial charge is 0.258 e. The molecule has 0 aliphatic heterocycles. The second kappa shape index (κ2) is 8.76. The van der Waals surface area contributed by atoms with Crippen LogP contribution in [0.15, 0.2) is 41.8 Å². The summed E-state index contributed by atoms with van der Waals surface area (Å²) < 4.78 is 28.2. The first-order chi connectivity index (χ1) is 12.7. The summed E-state index contributed by atoms with van der Waals surface area (Å²) in [5.41, 5.74) is 1.02. The van der Waals surface area contributed by atoms with Gasteiger partial charge in [-0.25, -0.2) is 22.4 Å². The molecule has 0 aliphatic rings. The highest BCUT2D eigenvalue weighted by Crippen LogP contribution is 2.12. The summed E-state index contributed by atoms with van der Waals surface area (Å²) in [4.78, 5) is 12.4. The lowest BCUT2D eigenvalue weighted by atomic mass is 10.1. The number of aromatic nitrogens is 2. The molecule has 0 saturated carbocycles. The normalized spacial score (nSPS) is 12.2. The molecule has 1 heterocycles. The number of nitro groups is 1. The number of imidazole rings is 1. The van der Waals surface area contributed by atoms with Gasteiger partial charge in [0.1, 0.15) is 12.4 Å². The van der Waals surface area contributed by atoms with Gasteiger partial charge in [-0.3, -0.25) is 10.1 Å². The van der Waals surface area contributed by atoms with E-state index < -0.39 is 14.9 Å². The lowest BCUT2D eigenvalue weighted by molar-refractivity contribution is -0.677. The monoisotopic (exact) mass is 394 g/mol. The summed E-state index contributed by atoms with van der Waals surface area (Å²) >= 11 is 0. The van der Waals surface area contributed by atoms with E-state index in [0.29, 0.717) is 17.7 Å². The largest absolute Gasteiger partial charge is 0.269 e. The lowest BCUT2D eigenvalue weighted by Gasteiger charge is -2.05. The number of sulfonamides is 1. The van der Waals surface area contributed by atoms with Crippen LogP contribution >= 0.6 is 0 Å². The molecule has 1 aromatic carbocycles. The minimum atomic E-state index is -3.53. The molecule has 10 heteroatoms. The van der Waals surface area contributed by atoms with Crippen molar-refractivity contribution in [2.24, 2.45) is 12.1 Å². The molecular weight excluding hydrogens is 370 g/mol. The molecule has 0 saturated heterocycles. The Hall–Kier alpha value is -2.75. The van der Waals surface area contributed by atoms with Gasteiger partial charge in [-0.15, -0.1) is 0 Å². The van der Waals surface area contributed by atoms with Crippen LogP contribution in [-0.2, 0) is 23.6 Å². The molecular formula is C17H24N5O4S+. The number of nitrogens with one attached hydrogen (secondary N) is 1. The molecule has 27 heavy (non-hydrogen) atoms. The van der Waals surface area contributed by atoms with Crippen molar-refractivity contribution in [1.29, 1.82) is 0 Å². The molecule has 0 amide bonds. The van der Waals surface area contributed by atoms with Crippen molar-refractivity contribution in [2.75, 3.05) is 5.75 Å². The number of non-ortho nitro benzene ring substituents is 1. The zero-order valence-electron chi connectivity index (χ0n) is 15.6. The molecule has 0 atom stereocenters. The fourth-order valence-electron chi connectivity index (χ4n) is 2.48. The summed E-state index contributed by atoms with van der Waals surface area (Å²) in [6.07, 6.45) is 5.19. The number of hydrogen-bond acceptors (Lipinski definition) is 5. The first-order valence-corrected chi connectivity index (χ1v) is 10.1. The van der Waals surface area contributed by atoms with Gasteiger partial charge in [-0.05, 0) is 37.5 Å². The van der Waals surface area contributed by atoms with Gasteiger partial charge in [-0.2, -0.15) is 5.10 Å². The maximum atomic E-state index is 12.1. The third-order valence-corrected chi connectivity index (χ3v) is 5.50. The van der Waals surface area contributed by atoms with Crippen molar-refractivity contribution in [3.63, 3.8) is 0 Å². The third-order valence-electron chi connectivity index (χ3n) is 4.31. The summed E-state index contributed by atoms with van der Waals surface area (Å²) in [5, 5.41) is 14.6. The van der Waals surface area contributed by atoms with Gasteiger partial charge in [0.25, 0.3) is 11.5 Å². The number of aryl methyl sites for hydroxylation is 2. The summed E-state index contributed by atoms with van der Waals surface area (Å²) in [6, 6.07) is 5.77. The topological polar surface area (TPSA) is 110 Å². The molecule has 2 aromatic rings. The molecule has 0 aliphatic carbocycles. The molecule has 9 nitrogen and oxygen atoms in total. The average molecular weight is 394 g/mol. The summed E-state index contributed by atoms with van der Waals surface area (Å²) in [5.74, 6) is 1.09. The minimum absolute atomic E-state index is 0.0174. The second-order valence-corrected chi connectivity index (χ2v) is 8.09. The first kappa shape index (κ1) is 20.6. The van der Waals surface area contributed by atoms with E-state index in [1.807, 2.05) is 30.9 Å². The predicted octanol–water partition coefficient (Wildman–Crippen LogP) is 1.65. The second-order valence-electron chi connectivity index (χ2n) is 6.27. The Morgan fingerprint density at radius 2 is 1.96 bits per heavy atom. The fraction of sp³-hybridized carbons (Fsp3) is 0.412. The van der Waals surface area contributed by atoms with Gasteiger partial charge < -0.3 is 0 Å². The molecule has 1 N–H and O–H groups in total. The number of unbranched alkanes of at least 4 members (excludes halogenated alkanes) is 1. The number of hydrazone groups is 1. The van der Waals surface area contributed by atoms with Crippen LogP contribution in [0.2, 0.25) is 0 Å². The van der Waals surface area contributed by atoms with Crippen molar-refractivity contribution < 1.29 is 17.9 Å². The van der Waals surface area contributed by atoms with Gasteiger partial charge in [0.05, 0.1) is 30.0 Å².